The van der Waals surface area contributed by atoms with Crippen LogP contribution in [0.2, 0.25) is 0 Å². The molecule has 1 aromatic heterocycles. The number of pyridine rings is 1. The summed E-state index contributed by atoms with van der Waals surface area (Å²) in [5.41, 5.74) is 0.873. The number of rotatable bonds is 2. The Morgan fingerprint density at radius 1 is 1.29 bits per heavy atom. The van der Waals surface area contributed by atoms with E-state index in [1.54, 1.807) is 6.07 Å². The Bertz CT molecular complexity index is 693. The molecule has 1 saturated heterocycles. The lowest BCUT2D eigenvalue weighted by molar-refractivity contribution is 0.0932. The van der Waals surface area contributed by atoms with E-state index in [-0.39, 0.29) is 29.9 Å². The molecule has 1 amide bonds. The van der Waals surface area contributed by atoms with Crippen molar-refractivity contribution in [3.63, 3.8) is 0 Å². The van der Waals surface area contributed by atoms with Gasteiger partial charge in [-0.25, -0.2) is 0 Å². The molecule has 1 aliphatic rings. The Morgan fingerprint density at radius 2 is 2.10 bits per heavy atom. The highest BCUT2D eigenvalue weighted by Gasteiger charge is 2.18. The van der Waals surface area contributed by atoms with Gasteiger partial charge in [-0.15, -0.1) is 12.4 Å². The van der Waals surface area contributed by atoms with Crippen LogP contribution in [0.5, 0.6) is 0 Å². The first-order valence-electron chi connectivity index (χ1n) is 6.88. The summed E-state index contributed by atoms with van der Waals surface area (Å²) in [5, 5.41) is 7.03. The molecule has 3 N–H and O–H groups in total. The molecule has 0 radical (unpaired) electrons. The smallest absolute Gasteiger partial charge is 0.252 e. The highest BCUT2D eigenvalue weighted by atomic mass is 35.5. The number of nitrogens with one attached hydrogen (secondary N) is 3. The van der Waals surface area contributed by atoms with Gasteiger partial charge in [-0.2, -0.15) is 0 Å². The Kier molecular flexibility index (Phi) is 4.98. The molecule has 1 aromatic carbocycles. The molecule has 1 aliphatic heterocycles. The van der Waals surface area contributed by atoms with E-state index >= 15 is 0 Å². The normalized spacial score (nSPS) is 18.0. The van der Waals surface area contributed by atoms with Crippen LogP contribution >= 0.6 is 12.4 Å². The topological polar surface area (TPSA) is 74.0 Å². The molecule has 6 heteroatoms. The van der Waals surface area contributed by atoms with Crippen molar-refractivity contribution in [3.8, 4) is 0 Å². The number of halogens is 1. The van der Waals surface area contributed by atoms with Crippen LogP contribution in [0.25, 0.3) is 10.9 Å². The summed E-state index contributed by atoms with van der Waals surface area (Å²) < 4.78 is 0. The minimum absolute atomic E-state index is 0. The summed E-state index contributed by atoms with van der Waals surface area (Å²) in [5.74, 6) is -0.180. The molecule has 1 fully saturated rings. The van der Waals surface area contributed by atoms with E-state index in [9.17, 15) is 9.59 Å². The third kappa shape index (κ3) is 3.43. The second-order valence-electron chi connectivity index (χ2n) is 5.11. The minimum atomic E-state index is -0.254. The quantitative estimate of drug-likeness (QED) is 0.786. The SMILES string of the molecule is Cl.O=C(N[C@@H]1CCCNC1)c1cc(=O)[nH]c2ccccc12. The number of benzene rings is 1. The maximum absolute atomic E-state index is 12.4. The third-order valence-electron chi connectivity index (χ3n) is 3.63. The zero-order valence-corrected chi connectivity index (χ0v) is 12.3. The van der Waals surface area contributed by atoms with Gasteiger partial charge in [-0.05, 0) is 25.5 Å². The van der Waals surface area contributed by atoms with Gasteiger partial charge in [0.1, 0.15) is 0 Å². The Balaban J connectivity index is 0.00000161. The molecule has 0 aliphatic carbocycles. The summed E-state index contributed by atoms with van der Waals surface area (Å²) in [4.78, 5) is 26.8. The van der Waals surface area contributed by atoms with E-state index in [4.69, 9.17) is 0 Å². The van der Waals surface area contributed by atoms with Crippen LogP contribution in [0, 0.1) is 0 Å². The fraction of sp³-hybridized carbons (Fsp3) is 0.333. The average molecular weight is 308 g/mol. The lowest BCUT2D eigenvalue weighted by Gasteiger charge is -2.24. The third-order valence-corrected chi connectivity index (χ3v) is 3.63. The number of piperidine rings is 1. The number of hydrogen-bond acceptors (Lipinski definition) is 3. The van der Waals surface area contributed by atoms with Gasteiger partial charge < -0.3 is 15.6 Å². The second-order valence-corrected chi connectivity index (χ2v) is 5.11. The van der Waals surface area contributed by atoms with Crippen LogP contribution in [0.1, 0.15) is 23.2 Å². The van der Waals surface area contributed by atoms with Gasteiger partial charge in [0.15, 0.2) is 0 Å². The molecule has 2 aromatic rings. The Labute approximate surface area is 128 Å². The van der Waals surface area contributed by atoms with Crippen LogP contribution in [-0.2, 0) is 0 Å². The minimum Gasteiger partial charge on any atom is -0.348 e. The Morgan fingerprint density at radius 3 is 2.86 bits per heavy atom. The van der Waals surface area contributed by atoms with Crippen molar-refractivity contribution in [3.05, 3.63) is 46.2 Å². The average Bonchev–Trinajstić information content (AvgIpc) is 2.47. The predicted molar refractivity (Wildman–Crippen MR) is 85.2 cm³/mol. The van der Waals surface area contributed by atoms with E-state index < -0.39 is 0 Å². The number of aromatic amines is 1. The van der Waals surface area contributed by atoms with Crippen molar-refractivity contribution in [2.75, 3.05) is 13.1 Å². The van der Waals surface area contributed by atoms with E-state index in [0.29, 0.717) is 11.1 Å². The lowest BCUT2D eigenvalue weighted by atomic mass is 10.1. The molecule has 3 rings (SSSR count). The zero-order valence-electron chi connectivity index (χ0n) is 11.5. The molecule has 21 heavy (non-hydrogen) atoms. The van der Waals surface area contributed by atoms with Gasteiger partial charge in [-0.3, -0.25) is 9.59 Å². The van der Waals surface area contributed by atoms with Crippen molar-refractivity contribution in [2.45, 2.75) is 18.9 Å². The fourth-order valence-corrected chi connectivity index (χ4v) is 2.63. The summed E-state index contributed by atoms with van der Waals surface area (Å²) in [6, 6.07) is 8.85. The number of fused-ring (bicyclic) bond motifs is 1. The van der Waals surface area contributed by atoms with Gasteiger partial charge >= 0.3 is 0 Å². The summed E-state index contributed by atoms with van der Waals surface area (Å²) in [6.07, 6.45) is 2.03. The molecule has 1 atom stereocenters. The van der Waals surface area contributed by atoms with Crippen molar-refractivity contribution >= 4 is 29.2 Å². The number of carbonyl (C=O) groups is 1. The number of hydrogen-bond donors (Lipinski definition) is 3. The van der Waals surface area contributed by atoms with E-state index in [1.165, 1.54) is 6.07 Å². The Hall–Kier alpha value is -1.85. The molecular formula is C15H18ClN3O2. The van der Waals surface area contributed by atoms with Gasteiger partial charge in [0.25, 0.3) is 5.91 Å². The summed E-state index contributed by atoms with van der Waals surface area (Å²) in [6.45, 7) is 1.78. The molecule has 0 saturated carbocycles. The first kappa shape index (κ1) is 15.5. The van der Waals surface area contributed by atoms with Crippen LogP contribution in [0.15, 0.2) is 35.1 Å². The van der Waals surface area contributed by atoms with Crippen LogP contribution in [-0.4, -0.2) is 30.0 Å². The van der Waals surface area contributed by atoms with Crippen LogP contribution in [0.3, 0.4) is 0 Å². The predicted octanol–water partition coefficient (Wildman–Crippen LogP) is 1.43. The molecule has 0 unspecified atom stereocenters. The highest BCUT2D eigenvalue weighted by Crippen LogP contribution is 2.15. The molecule has 5 nitrogen and oxygen atoms in total. The van der Waals surface area contributed by atoms with E-state index in [0.717, 1.165) is 31.3 Å². The van der Waals surface area contributed by atoms with Crippen molar-refractivity contribution in [1.82, 2.24) is 15.6 Å². The van der Waals surface area contributed by atoms with Gasteiger partial charge in [0.2, 0.25) is 5.56 Å². The number of para-hydroxylation sites is 1. The van der Waals surface area contributed by atoms with Crippen molar-refractivity contribution in [2.24, 2.45) is 0 Å². The maximum atomic E-state index is 12.4. The number of carbonyl (C=O) groups excluding carboxylic acids is 1. The van der Waals surface area contributed by atoms with Gasteiger partial charge in [-0.1, -0.05) is 18.2 Å². The first-order chi connectivity index (χ1) is 9.74. The lowest BCUT2D eigenvalue weighted by Crippen LogP contribution is -2.45. The summed E-state index contributed by atoms with van der Waals surface area (Å²) >= 11 is 0. The first-order valence-corrected chi connectivity index (χ1v) is 6.88. The largest absolute Gasteiger partial charge is 0.348 e. The van der Waals surface area contributed by atoms with E-state index in [1.807, 2.05) is 18.2 Å². The van der Waals surface area contributed by atoms with Gasteiger partial charge in [0, 0.05) is 29.6 Å². The van der Waals surface area contributed by atoms with Crippen LogP contribution in [0.4, 0.5) is 0 Å². The standard InChI is InChI=1S/C15H17N3O2.ClH/c19-14-8-12(11-5-1-2-6-13(11)18-14)15(20)17-10-4-3-7-16-9-10;/h1-2,5-6,8,10,16H,3-4,7,9H2,(H,17,20)(H,18,19);1H/t10-;/m1./s1. The molecule has 0 spiro atoms. The molecule has 2 heterocycles. The maximum Gasteiger partial charge on any atom is 0.252 e. The second kappa shape index (κ2) is 6.74. The van der Waals surface area contributed by atoms with Crippen LogP contribution < -0.4 is 16.2 Å². The van der Waals surface area contributed by atoms with E-state index in [2.05, 4.69) is 15.6 Å². The van der Waals surface area contributed by atoms with Crippen molar-refractivity contribution in [1.29, 1.82) is 0 Å². The van der Waals surface area contributed by atoms with Gasteiger partial charge in [0.05, 0.1) is 5.56 Å². The zero-order chi connectivity index (χ0) is 13.9. The summed E-state index contributed by atoms with van der Waals surface area (Å²) in [7, 11) is 0. The molecule has 112 valence electrons. The number of amides is 1. The fourth-order valence-electron chi connectivity index (χ4n) is 2.63. The number of aromatic nitrogens is 1. The molecule has 0 bridgehead atoms. The monoisotopic (exact) mass is 307 g/mol. The number of H-pyrrole nitrogens is 1. The molecular weight excluding hydrogens is 290 g/mol. The van der Waals surface area contributed by atoms with Crippen molar-refractivity contribution < 1.29 is 4.79 Å². The highest BCUT2D eigenvalue weighted by molar-refractivity contribution is 6.06.